The normalized spacial score (nSPS) is 11.4. The molecule has 0 N–H and O–H groups in total. The molecule has 0 saturated heterocycles. The van der Waals surface area contributed by atoms with E-state index in [1.54, 1.807) is 0 Å². The average Bonchev–Trinajstić information content (AvgIpc) is 2.35. The van der Waals surface area contributed by atoms with E-state index in [-0.39, 0.29) is 6.61 Å². The molecular weight excluding hydrogens is 323 g/mol. The third-order valence-corrected chi connectivity index (χ3v) is 2.11. The lowest BCUT2D eigenvalue weighted by atomic mass is 10.2. The molecular formula is C10H7F5N2O5. The largest absolute Gasteiger partial charge is 0.574 e. The first-order chi connectivity index (χ1) is 10.1. The summed E-state index contributed by atoms with van der Waals surface area (Å²) < 4.78 is 69.9. The van der Waals surface area contributed by atoms with Gasteiger partial charge in [0, 0.05) is 6.07 Å². The van der Waals surface area contributed by atoms with Gasteiger partial charge in [-0.1, -0.05) is 0 Å². The van der Waals surface area contributed by atoms with Crippen LogP contribution in [0, 0.1) is 10.1 Å². The molecule has 122 valence electrons. The Morgan fingerprint density at radius 1 is 1.45 bits per heavy atom. The van der Waals surface area contributed by atoms with Crippen LogP contribution >= 0.6 is 0 Å². The Kier molecular flexibility index (Phi) is 5.17. The van der Waals surface area contributed by atoms with E-state index in [9.17, 15) is 36.9 Å². The van der Waals surface area contributed by atoms with E-state index < -0.39 is 46.5 Å². The molecule has 12 heteroatoms. The van der Waals surface area contributed by atoms with E-state index in [2.05, 4.69) is 14.5 Å². The number of esters is 1. The molecule has 0 aliphatic rings. The summed E-state index contributed by atoms with van der Waals surface area (Å²) in [5.41, 5.74) is -4.08. The molecule has 0 bridgehead atoms. The first-order valence-corrected chi connectivity index (χ1v) is 5.47. The van der Waals surface area contributed by atoms with Crippen LogP contribution < -0.4 is 4.74 Å². The molecule has 0 saturated carbocycles. The van der Waals surface area contributed by atoms with Crippen LogP contribution in [0.3, 0.4) is 0 Å². The molecule has 1 aromatic rings. The average molecular weight is 330 g/mol. The number of carbonyl (C=O) groups is 1. The lowest BCUT2D eigenvalue weighted by Gasteiger charge is -2.13. The van der Waals surface area contributed by atoms with Gasteiger partial charge in [-0.3, -0.25) is 10.1 Å². The second-order valence-electron chi connectivity index (χ2n) is 3.57. The number of rotatable bonds is 5. The summed E-state index contributed by atoms with van der Waals surface area (Å²) in [5.74, 6) is -3.10. The van der Waals surface area contributed by atoms with Gasteiger partial charge in [0.1, 0.15) is 0 Å². The maximum atomic E-state index is 12.8. The Bertz CT molecular complexity index is 590. The Balaban J connectivity index is 3.54. The Hall–Kier alpha value is -2.53. The zero-order chi connectivity index (χ0) is 17.1. The van der Waals surface area contributed by atoms with Crippen molar-refractivity contribution in [3.05, 3.63) is 27.4 Å². The number of halogens is 5. The fraction of sp³-hybridized carbons (Fsp3) is 0.400. The van der Waals surface area contributed by atoms with E-state index in [0.717, 1.165) is 0 Å². The van der Waals surface area contributed by atoms with Crippen LogP contribution in [-0.4, -0.2) is 28.8 Å². The zero-order valence-electron chi connectivity index (χ0n) is 10.7. The van der Waals surface area contributed by atoms with Crippen molar-refractivity contribution in [2.45, 2.75) is 19.7 Å². The first-order valence-electron chi connectivity index (χ1n) is 5.47. The highest BCUT2D eigenvalue weighted by atomic mass is 19.4. The number of pyridine rings is 1. The summed E-state index contributed by atoms with van der Waals surface area (Å²) >= 11 is 0. The highest BCUT2D eigenvalue weighted by Crippen LogP contribution is 2.38. The molecule has 0 aliphatic heterocycles. The van der Waals surface area contributed by atoms with Crippen molar-refractivity contribution in [3.8, 4) is 5.88 Å². The Morgan fingerprint density at radius 2 is 2.05 bits per heavy atom. The molecule has 0 aromatic carbocycles. The number of hydrogen-bond acceptors (Lipinski definition) is 6. The molecule has 1 rings (SSSR count). The van der Waals surface area contributed by atoms with Gasteiger partial charge in [-0.25, -0.2) is 18.6 Å². The third-order valence-electron chi connectivity index (χ3n) is 2.11. The molecule has 0 fully saturated rings. The van der Waals surface area contributed by atoms with Gasteiger partial charge in [0.25, 0.3) is 12.1 Å². The zero-order valence-corrected chi connectivity index (χ0v) is 10.7. The van der Waals surface area contributed by atoms with Crippen LogP contribution in [0.1, 0.15) is 29.4 Å². The van der Waals surface area contributed by atoms with Gasteiger partial charge in [-0.2, -0.15) is 0 Å². The second kappa shape index (κ2) is 6.49. The van der Waals surface area contributed by atoms with Crippen molar-refractivity contribution in [3.63, 3.8) is 0 Å². The van der Waals surface area contributed by atoms with Gasteiger partial charge in [0.15, 0.2) is 11.3 Å². The van der Waals surface area contributed by atoms with Crippen LogP contribution in [0.5, 0.6) is 5.88 Å². The maximum Gasteiger partial charge on any atom is 0.574 e. The minimum absolute atomic E-state index is 0.208. The molecule has 0 amide bonds. The highest BCUT2D eigenvalue weighted by molar-refractivity contribution is 5.88. The third kappa shape index (κ3) is 4.23. The SMILES string of the molecule is CCOC(=O)c1cc([N+](=O)[O-])c(C(F)F)c(OC(F)(F)F)n1. The molecule has 7 nitrogen and oxygen atoms in total. The van der Waals surface area contributed by atoms with Gasteiger partial charge in [-0.15, -0.1) is 13.2 Å². The molecule has 1 heterocycles. The van der Waals surface area contributed by atoms with E-state index in [1.165, 1.54) is 6.92 Å². The van der Waals surface area contributed by atoms with Crippen LogP contribution in [0.2, 0.25) is 0 Å². The van der Waals surface area contributed by atoms with Gasteiger partial charge >= 0.3 is 12.3 Å². The summed E-state index contributed by atoms with van der Waals surface area (Å²) in [7, 11) is 0. The van der Waals surface area contributed by atoms with Crippen LogP contribution in [0.25, 0.3) is 0 Å². The van der Waals surface area contributed by atoms with Gasteiger partial charge in [-0.05, 0) is 6.92 Å². The van der Waals surface area contributed by atoms with Gasteiger partial charge < -0.3 is 9.47 Å². The van der Waals surface area contributed by atoms with E-state index >= 15 is 0 Å². The van der Waals surface area contributed by atoms with Crippen molar-refractivity contribution >= 4 is 11.7 Å². The molecule has 22 heavy (non-hydrogen) atoms. The van der Waals surface area contributed by atoms with Gasteiger partial charge in [0.2, 0.25) is 5.88 Å². The molecule has 0 spiro atoms. The molecule has 0 aliphatic carbocycles. The molecule has 0 atom stereocenters. The summed E-state index contributed by atoms with van der Waals surface area (Å²) in [6, 6.07) is 0.294. The van der Waals surface area contributed by atoms with Crippen molar-refractivity contribution in [2.75, 3.05) is 6.61 Å². The minimum atomic E-state index is -5.43. The number of alkyl halides is 5. The Morgan fingerprint density at radius 3 is 2.45 bits per heavy atom. The smallest absolute Gasteiger partial charge is 0.461 e. The van der Waals surface area contributed by atoms with E-state index in [4.69, 9.17) is 0 Å². The monoisotopic (exact) mass is 330 g/mol. The highest BCUT2D eigenvalue weighted by Gasteiger charge is 2.38. The second-order valence-corrected chi connectivity index (χ2v) is 3.57. The molecule has 0 unspecified atom stereocenters. The summed E-state index contributed by atoms with van der Waals surface area (Å²) in [5, 5.41) is 10.7. The fourth-order valence-electron chi connectivity index (χ4n) is 1.37. The molecule has 1 aromatic heterocycles. The number of aromatic nitrogens is 1. The van der Waals surface area contributed by atoms with Crippen LogP contribution in [0.15, 0.2) is 6.07 Å². The summed E-state index contributed by atoms with van der Waals surface area (Å²) in [6.07, 6.45) is -9.11. The number of nitrogens with zero attached hydrogens (tertiary/aromatic N) is 2. The Labute approximate surface area is 118 Å². The standard InChI is InChI=1S/C10H7F5N2O5/c1-2-21-9(18)4-3-5(17(19)20)6(7(11)12)8(16-4)22-10(13,14)15/h3,7H,2H2,1H3. The fourth-order valence-corrected chi connectivity index (χ4v) is 1.37. The minimum Gasteiger partial charge on any atom is -0.461 e. The first kappa shape index (κ1) is 17.5. The van der Waals surface area contributed by atoms with E-state index in [0.29, 0.717) is 6.07 Å². The molecule has 0 radical (unpaired) electrons. The lowest BCUT2D eigenvalue weighted by molar-refractivity contribution is -0.386. The number of ether oxygens (including phenoxy) is 2. The van der Waals surface area contributed by atoms with Crippen molar-refractivity contribution in [1.29, 1.82) is 0 Å². The van der Waals surface area contributed by atoms with E-state index in [1.807, 2.05) is 0 Å². The number of nitro groups is 1. The van der Waals surface area contributed by atoms with Crippen LogP contribution in [0.4, 0.5) is 27.6 Å². The predicted octanol–water partition coefficient (Wildman–Crippen LogP) is 3.00. The number of carbonyl (C=O) groups excluding carboxylic acids is 1. The predicted molar refractivity (Wildman–Crippen MR) is 58.5 cm³/mol. The number of hydrogen-bond donors (Lipinski definition) is 0. The topological polar surface area (TPSA) is 91.6 Å². The van der Waals surface area contributed by atoms with Crippen molar-refractivity contribution in [2.24, 2.45) is 0 Å². The maximum absolute atomic E-state index is 12.8. The van der Waals surface area contributed by atoms with Crippen LogP contribution in [-0.2, 0) is 4.74 Å². The van der Waals surface area contributed by atoms with Crippen molar-refractivity contribution < 1.29 is 41.1 Å². The lowest BCUT2D eigenvalue weighted by Crippen LogP contribution is -2.21. The van der Waals surface area contributed by atoms with Gasteiger partial charge in [0.05, 0.1) is 11.5 Å². The quantitative estimate of drug-likeness (QED) is 0.357. The summed E-state index contributed by atoms with van der Waals surface area (Å²) in [4.78, 5) is 23.7. The van der Waals surface area contributed by atoms with Crippen molar-refractivity contribution in [1.82, 2.24) is 4.98 Å². The summed E-state index contributed by atoms with van der Waals surface area (Å²) in [6.45, 7) is 1.15.